The Bertz CT molecular complexity index is 252. The second-order valence-electron chi connectivity index (χ2n) is 7.02. The summed E-state index contributed by atoms with van der Waals surface area (Å²) in [6, 6.07) is 0. The second kappa shape index (κ2) is 18.3. The lowest BCUT2D eigenvalue weighted by molar-refractivity contribution is 0.730. The molecule has 0 aromatic carbocycles. The molecular formula is C24H40. The van der Waals surface area contributed by atoms with Crippen molar-refractivity contribution < 1.29 is 0 Å². The van der Waals surface area contributed by atoms with Crippen LogP contribution in [0, 0.1) is 0 Å². The summed E-state index contributed by atoms with van der Waals surface area (Å²) in [6.07, 6.45) is 40.0. The van der Waals surface area contributed by atoms with Crippen LogP contribution in [0.3, 0.4) is 0 Å². The molecule has 0 bridgehead atoms. The van der Waals surface area contributed by atoms with Gasteiger partial charge < -0.3 is 0 Å². The molecule has 1 aliphatic rings. The van der Waals surface area contributed by atoms with Crippen molar-refractivity contribution in [3.63, 3.8) is 0 Å². The van der Waals surface area contributed by atoms with Crippen LogP contribution < -0.4 is 0 Å². The van der Waals surface area contributed by atoms with E-state index >= 15 is 0 Å². The van der Waals surface area contributed by atoms with Gasteiger partial charge in [0.15, 0.2) is 0 Å². The molecule has 0 amide bonds. The lowest BCUT2D eigenvalue weighted by atomic mass is 10.1. The smallest absolute Gasteiger partial charge is 0.0351 e. The van der Waals surface area contributed by atoms with E-state index in [1.165, 1.54) is 103 Å². The Morgan fingerprint density at radius 1 is 0.208 bits per heavy atom. The van der Waals surface area contributed by atoms with Gasteiger partial charge in [0, 0.05) is 0 Å². The predicted molar refractivity (Wildman–Crippen MR) is 110 cm³/mol. The molecule has 0 heteroatoms. The molecule has 0 saturated heterocycles. The maximum Gasteiger partial charge on any atom is -0.0351 e. The third-order valence-corrected chi connectivity index (χ3v) is 4.63. The van der Waals surface area contributed by atoms with E-state index in [4.69, 9.17) is 0 Å². The first-order valence-electron chi connectivity index (χ1n) is 10.6. The minimum absolute atomic E-state index is 1.26. The molecule has 0 atom stereocenters. The minimum atomic E-state index is 1.26. The first-order valence-corrected chi connectivity index (χ1v) is 10.6. The van der Waals surface area contributed by atoms with Crippen LogP contribution in [0.4, 0.5) is 0 Å². The van der Waals surface area contributed by atoms with E-state index in [0.29, 0.717) is 0 Å². The molecule has 0 spiro atoms. The SMILES string of the molecule is C1=CCCCC/C=C/CCCC/C=C/CCCC/C=C/CCCC1. The highest BCUT2D eigenvalue weighted by atomic mass is 13.9. The first kappa shape index (κ1) is 21.0. The van der Waals surface area contributed by atoms with Crippen LogP contribution in [-0.4, -0.2) is 0 Å². The van der Waals surface area contributed by atoms with Crippen LogP contribution in [0.5, 0.6) is 0 Å². The van der Waals surface area contributed by atoms with Crippen molar-refractivity contribution in [1.29, 1.82) is 0 Å². The number of rotatable bonds is 0. The maximum absolute atomic E-state index is 2.39. The number of hydrogen-bond donors (Lipinski definition) is 0. The number of allylic oxidation sites excluding steroid dienone is 8. The lowest BCUT2D eigenvalue weighted by Crippen LogP contribution is -1.77. The fourth-order valence-electron chi connectivity index (χ4n) is 3.04. The molecule has 0 saturated carbocycles. The Morgan fingerprint density at radius 3 is 0.458 bits per heavy atom. The Kier molecular flexibility index (Phi) is 16.0. The van der Waals surface area contributed by atoms with Gasteiger partial charge in [0.2, 0.25) is 0 Å². The van der Waals surface area contributed by atoms with Crippen LogP contribution in [0.25, 0.3) is 0 Å². The quantitative estimate of drug-likeness (QED) is 0.391. The van der Waals surface area contributed by atoms with E-state index in [9.17, 15) is 0 Å². The molecule has 24 heavy (non-hydrogen) atoms. The van der Waals surface area contributed by atoms with Crippen molar-refractivity contribution in [2.24, 2.45) is 0 Å². The zero-order chi connectivity index (χ0) is 17.0. The van der Waals surface area contributed by atoms with Crippen molar-refractivity contribution in [3.8, 4) is 0 Å². The summed E-state index contributed by atoms with van der Waals surface area (Å²) >= 11 is 0. The highest BCUT2D eigenvalue weighted by Crippen LogP contribution is 2.08. The van der Waals surface area contributed by atoms with Gasteiger partial charge in [-0.05, 0) is 103 Å². The van der Waals surface area contributed by atoms with Gasteiger partial charge in [0.05, 0.1) is 0 Å². The Balaban J connectivity index is 2.18. The van der Waals surface area contributed by atoms with Crippen molar-refractivity contribution in [1.82, 2.24) is 0 Å². The molecule has 0 aliphatic heterocycles. The van der Waals surface area contributed by atoms with Gasteiger partial charge in [-0.3, -0.25) is 0 Å². The highest BCUT2D eigenvalue weighted by molar-refractivity contribution is 4.86. The normalized spacial score (nSPS) is 25.3. The van der Waals surface area contributed by atoms with Crippen molar-refractivity contribution in [2.45, 2.75) is 103 Å². The third kappa shape index (κ3) is 15.8. The van der Waals surface area contributed by atoms with E-state index in [-0.39, 0.29) is 0 Å². The topological polar surface area (TPSA) is 0 Å². The van der Waals surface area contributed by atoms with Crippen LogP contribution in [-0.2, 0) is 0 Å². The fraction of sp³-hybridized carbons (Fsp3) is 0.667. The fourth-order valence-corrected chi connectivity index (χ4v) is 3.04. The van der Waals surface area contributed by atoms with Gasteiger partial charge in [0.25, 0.3) is 0 Å². The minimum Gasteiger partial charge on any atom is -0.0885 e. The summed E-state index contributed by atoms with van der Waals surface area (Å²) in [5, 5.41) is 0. The third-order valence-electron chi connectivity index (χ3n) is 4.63. The van der Waals surface area contributed by atoms with Crippen LogP contribution in [0.15, 0.2) is 48.6 Å². The zero-order valence-corrected chi connectivity index (χ0v) is 15.9. The summed E-state index contributed by atoms with van der Waals surface area (Å²) in [7, 11) is 0. The molecule has 0 aromatic heterocycles. The van der Waals surface area contributed by atoms with Gasteiger partial charge >= 0.3 is 0 Å². The number of hydrogen-bond acceptors (Lipinski definition) is 0. The molecule has 0 fully saturated rings. The van der Waals surface area contributed by atoms with Gasteiger partial charge in [-0.15, -0.1) is 0 Å². The molecule has 1 rings (SSSR count). The van der Waals surface area contributed by atoms with Gasteiger partial charge in [-0.25, -0.2) is 0 Å². The highest BCUT2D eigenvalue weighted by Gasteiger charge is 1.88. The Morgan fingerprint density at radius 2 is 0.333 bits per heavy atom. The van der Waals surface area contributed by atoms with Gasteiger partial charge in [-0.1, -0.05) is 48.6 Å². The molecular weight excluding hydrogens is 288 g/mol. The summed E-state index contributed by atoms with van der Waals surface area (Å²) in [5.74, 6) is 0. The van der Waals surface area contributed by atoms with Gasteiger partial charge in [0.1, 0.15) is 0 Å². The predicted octanol–water partition coefficient (Wildman–Crippen LogP) is 8.47. The van der Waals surface area contributed by atoms with Crippen LogP contribution in [0.2, 0.25) is 0 Å². The van der Waals surface area contributed by atoms with Gasteiger partial charge in [-0.2, -0.15) is 0 Å². The molecule has 0 nitrogen and oxygen atoms in total. The maximum atomic E-state index is 2.39. The summed E-state index contributed by atoms with van der Waals surface area (Å²) in [4.78, 5) is 0. The Labute approximate surface area is 151 Å². The van der Waals surface area contributed by atoms with E-state index in [0.717, 1.165) is 0 Å². The first-order chi connectivity index (χ1) is 12.0. The molecule has 0 unspecified atom stereocenters. The lowest BCUT2D eigenvalue weighted by Gasteiger charge is -1.97. The largest absolute Gasteiger partial charge is 0.0885 e. The molecule has 0 radical (unpaired) electrons. The molecule has 1 aliphatic carbocycles. The molecule has 0 aromatic rings. The molecule has 0 heterocycles. The summed E-state index contributed by atoms with van der Waals surface area (Å²) in [5.41, 5.74) is 0. The standard InChI is InChI=1S/C24H40/c1-2-4-6-8-10-12-14-16-18-20-22-24-23-21-19-17-15-13-11-9-7-5-3-1/h1-2,11-14,23-24H,3-10,15-22H2/b2-1+,13-11+,14-12+,24-23?. The second-order valence-corrected chi connectivity index (χ2v) is 7.02. The van der Waals surface area contributed by atoms with E-state index in [1.54, 1.807) is 0 Å². The van der Waals surface area contributed by atoms with Crippen LogP contribution >= 0.6 is 0 Å². The summed E-state index contributed by atoms with van der Waals surface area (Å²) in [6.45, 7) is 0. The molecule has 136 valence electrons. The van der Waals surface area contributed by atoms with Crippen LogP contribution in [0.1, 0.15) is 103 Å². The van der Waals surface area contributed by atoms with E-state index in [1.807, 2.05) is 0 Å². The van der Waals surface area contributed by atoms with E-state index < -0.39 is 0 Å². The van der Waals surface area contributed by atoms with Crippen molar-refractivity contribution in [2.75, 3.05) is 0 Å². The van der Waals surface area contributed by atoms with Crippen molar-refractivity contribution in [3.05, 3.63) is 48.6 Å². The molecule has 0 N–H and O–H groups in total. The summed E-state index contributed by atoms with van der Waals surface area (Å²) < 4.78 is 0. The average Bonchev–Trinajstić information content (AvgIpc) is 2.59. The van der Waals surface area contributed by atoms with Crippen molar-refractivity contribution >= 4 is 0 Å². The zero-order valence-electron chi connectivity index (χ0n) is 15.9. The average molecular weight is 329 g/mol. The monoisotopic (exact) mass is 328 g/mol. The van der Waals surface area contributed by atoms with E-state index in [2.05, 4.69) is 48.6 Å². The Hall–Kier alpha value is -1.04.